The summed E-state index contributed by atoms with van der Waals surface area (Å²) in [5.74, 6) is 0.968. The van der Waals surface area contributed by atoms with Gasteiger partial charge in [0.05, 0.1) is 30.1 Å². The van der Waals surface area contributed by atoms with Gasteiger partial charge in [0.15, 0.2) is 0 Å². The number of aliphatic hydroxyl groups is 1. The van der Waals surface area contributed by atoms with Crippen LogP contribution in [-0.4, -0.2) is 63.6 Å². The Morgan fingerprint density at radius 1 is 1.17 bits per heavy atom. The van der Waals surface area contributed by atoms with Crippen molar-refractivity contribution in [3.8, 4) is 17.0 Å². The Labute approximate surface area is 198 Å². The second kappa shape index (κ2) is 9.19. The third-order valence-corrected chi connectivity index (χ3v) is 6.28. The number of halogens is 3. The van der Waals surface area contributed by atoms with E-state index in [-0.39, 0.29) is 12.6 Å². The van der Waals surface area contributed by atoms with Gasteiger partial charge < -0.3 is 20.1 Å². The molecule has 5 rings (SSSR count). The van der Waals surface area contributed by atoms with Crippen LogP contribution in [-0.2, 0) is 19.3 Å². The number of nitrogens with one attached hydrogen (secondary N) is 2. The topological polar surface area (TPSA) is 107 Å². The number of rotatable bonds is 5. The number of amides is 1. The number of carbonyl (C=O) groups is 1. The van der Waals surface area contributed by atoms with E-state index in [1.54, 1.807) is 12.3 Å². The quantitative estimate of drug-likeness (QED) is 0.507. The number of nitrogens with zero attached hydrogens (tertiary/aromatic N) is 4. The third kappa shape index (κ3) is 4.80. The fourth-order valence-electron chi connectivity index (χ4n) is 4.40. The van der Waals surface area contributed by atoms with E-state index in [1.807, 2.05) is 17.0 Å². The standard InChI is InChI=1S/C23H23F3N6O3/c24-23(25,26)17-2-4-20(27-10-17)32-6-5-31(18(12-32)13-33)11-16-9-29-30-21(16)14-1-3-19-15(7-14)8-28-22(34)35-19/h1-4,7,9-10,18,33H,5-6,8,11-13H2,(H,28,34)(H,29,30). The summed E-state index contributed by atoms with van der Waals surface area (Å²) in [4.78, 5) is 19.4. The molecule has 1 fully saturated rings. The lowest BCUT2D eigenvalue weighted by Crippen LogP contribution is -2.54. The second-order valence-corrected chi connectivity index (χ2v) is 8.49. The first-order chi connectivity index (χ1) is 16.8. The molecule has 3 N–H and O–H groups in total. The third-order valence-electron chi connectivity index (χ3n) is 6.28. The number of hydrogen-bond donors (Lipinski definition) is 3. The summed E-state index contributed by atoms with van der Waals surface area (Å²) in [5, 5.41) is 19.9. The van der Waals surface area contributed by atoms with Crippen molar-refractivity contribution in [3.63, 3.8) is 0 Å². The number of carbonyl (C=O) groups excluding carboxylic acids is 1. The summed E-state index contributed by atoms with van der Waals surface area (Å²) in [6.07, 6.45) is -2.33. The molecule has 1 amide bonds. The van der Waals surface area contributed by atoms with Crippen LogP contribution < -0.4 is 15.0 Å². The average molecular weight is 488 g/mol. The van der Waals surface area contributed by atoms with Crippen molar-refractivity contribution in [3.05, 3.63) is 59.4 Å². The van der Waals surface area contributed by atoms with Gasteiger partial charge in [-0.2, -0.15) is 18.3 Å². The molecule has 2 aliphatic rings. The number of benzene rings is 1. The molecule has 0 aliphatic carbocycles. The van der Waals surface area contributed by atoms with Crippen molar-refractivity contribution in [2.75, 3.05) is 31.1 Å². The molecule has 0 bridgehead atoms. The number of alkyl halides is 3. The van der Waals surface area contributed by atoms with E-state index in [1.165, 1.54) is 6.07 Å². The minimum absolute atomic E-state index is 0.111. The molecule has 9 nitrogen and oxygen atoms in total. The van der Waals surface area contributed by atoms with Crippen LogP contribution in [0, 0.1) is 0 Å². The Hall–Kier alpha value is -3.64. The number of H-pyrrole nitrogens is 1. The molecule has 0 spiro atoms. The van der Waals surface area contributed by atoms with Crippen LogP contribution in [0.2, 0.25) is 0 Å². The van der Waals surface area contributed by atoms with Crippen molar-refractivity contribution in [2.45, 2.75) is 25.3 Å². The highest BCUT2D eigenvalue weighted by atomic mass is 19.4. The highest BCUT2D eigenvalue weighted by Gasteiger charge is 2.32. The Morgan fingerprint density at radius 2 is 2.03 bits per heavy atom. The Morgan fingerprint density at radius 3 is 2.77 bits per heavy atom. The molecule has 1 unspecified atom stereocenters. The Kier molecular flexibility index (Phi) is 6.07. The van der Waals surface area contributed by atoms with Crippen LogP contribution in [0.3, 0.4) is 0 Å². The molecular weight excluding hydrogens is 465 g/mol. The molecule has 1 saturated heterocycles. The zero-order valence-corrected chi connectivity index (χ0v) is 18.5. The molecule has 1 atom stereocenters. The van der Waals surface area contributed by atoms with Gasteiger partial charge in [-0.15, -0.1) is 0 Å². The predicted octanol–water partition coefficient (Wildman–Crippen LogP) is 2.78. The van der Waals surface area contributed by atoms with Gasteiger partial charge in [0.2, 0.25) is 0 Å². The van der Waals surface area contributed by atoms with E-state index >= 15 is 0 Å². The second-order valence-electron chi connectivity index (χ2n) is 8.49. The van der Waals surface area contributed by atoms with Gasteiger partial charge in [0.1, 0.15) is 11.6 Å². The maximum absolute atomic E-state index is 12.8. The lowest BCUT2D eigenvalue weighted by atomic mass is 10.0. The number of ether oxygens (including phenoxy) is 1. The minimum atomic E-state index is -4.43. The number of piperazine rings is 1. The summed E-state index contributed by atoms with van der Waals surface area (Å²) in [5.41, 5.74) is 2.72. The van der Waals surface area contributed by atoms with E-state index < -0.39 is 17.8 Å². The Balaban J connectivity index is 1.29. The number of hydrogen-bond acceptors (Lipinski definition) is 7. The van der Waals surface area contributed by atoms with E-state index in [4.69, 9.17) is 4.74 Å². The zero-order chi connectivity index (χ0) is 24.6. The highest BCUT2D eigenvalue weighted by molar-refractivity contribution is 5.74. The van der Waals surface area contributed by atoms with Crippen molar-refractivity contribution in [1.82, 2.24) is 25.4 Å². The lowest BCUT2D eigenvalue weighted by molar-refractivity contribution is -0.137. The zero-order valence-electron chi connectivity index (χ0n) is 18.5. The maximum atomic E-state index is 12.8. The normalized spacial score (nSPS) is 18.7. The summed E-state index contributed by atoms with van der Waals surface area (Å²) in [6, 6.07) is 7.69. The van der Waals surface area contributed by atoms with Crippen LogP contribution in [0.1, 0.15) is 16.7 Å². The van der Waals surface area contributed by atoms with E-state index in [0.29, 0.717) is 44.3 Å². The van der Waals surface area contributed by atoms with Crippen molar-refractivity contribution in [1.29, 1.82) is 0 Å². The molecule has 184 valence electrons. The number of aromatic amines is 1. The smallest absolute Gasteiger partial charge is 0.410 e. The van der Waals surface area contributed by atoms with Gasteiger partial charge in [0, 0.05) is 55.6 Å². The number of aliphatic hydroxyl groups excluding tert-OH is 1. The van der Waals surface area contributed by atoms with Gasteiger partial charge >= 0.3 is 12.3 Å². The fraction of sp³-hybridized carbons (Fsp3) is 0.348. The van der Waals surface area contributed by atoms with Crippen LogP contribution in [0.5, 0.6) is 5.75 Å². The molecule has 0 saturated carbocycles. The molecule has 1 aromatic carbocycles. The van der Waals surface area contributed by atoms with E-state index in [2.05, 4.69) is 25.4 Å². The molecule has 0 radical (unpaired) electrons. The fourth-order valence-corrected chi connectivity index (χ4v) is 4.40. The van der Waals surface area contributed by atoms with Gasteiger partial charge in [-0.25, -0.2) is 9.78 Å². The first-order valence-corrected chi connectivity index (χ1v) is 11.1. The SMILES string of the molecule is O=C1NCc2cc(-c3[nH]ncc3CN3CCN(c4ccc(C(F)(F)F)cn4)CC3CO)ccc2O1. The summed E-state index contributed by atoms with van der Waals surface area (Å²) < 4.78 is 43.7. The number of aromatic nitrogens is 3. The molecule has 35 heavy (non-hydrogen) atoms. The van der Waals surface area contributed by atoms with Gasteiger partial charge in [-0.3, -0.25) is 10.00 Å². The van der Waals surface area contributed by atoms with Crippen LogP contribution in [0.4, 0.5) is 23.8 Å². The molecular formula is C23H23F3N6O3. The van der Waals surface area contributed by atoms with Crippen molar-refractivity contribution < 1.29 is 27.8 Å². The van der Waals surface area contributed by atoms with Gasteiger partial charge in [-0.1, -0.05) is 0 Å². The van der Waals surface area contributed by atoms with E-state index in [0.717, 1.165) is 34.6 Å². The number of pyridine rings is 1. The number of fused-ring (bicyclic) bond motifs is 1. The highest BCUT2D eigenvalue weighted by Crippen LogP contribution is 2.31. The number of anilines is 1. The van der Waals surface area contributed by atoms with Crippen molar-refractivity contribution >= 4 is 11.9 Å². The monoisotopic (exact) mass is 488 g/mol. The molecule has 12 heteroatoms. The molecule has 4 heterocycles. The van der Waals surface area contributed by atoms with Gasteiger partial charge in [0.25, 0.3) is 0 Å². The van der Waals surface area contributed by atoms with E-state index in [9.17, 15) is 23.1 Å². The largest absolute Gasteiger partial charge is 0.417 e. The summed E-state index contributed by atoms with van der Waals surface area (Å²) in [6.45, 7) is 2.35. The summed E-state index contributed by atoms with van der Waals surface area (Å²) >= 11 is 0. The molecule has 2 aliphatic heterocycles. The van der Waals surface area contributed by atoms with Gasteiger partial charge in [-0.05, 0) is 30.3 Å². The molecule has 2 aromatic heterocycles. The van der Waals surface area contributed by atoms with Crippen LogP contribution in [0.25, 0.3) is 11.3 Å². The van der Waals surface area contributed by atoms with Crippen LogP contribution in [0.15, 0.2) is 42.7 Å². The first-order valence-electron chi connectivity index (χ1n) is 11.1. The minimum Gasteiger partial charge on any atom is -0.410 e. The molecule has 3 aromatic rings. The summed E-state index contributed by atoms with van der Waals surface area (Å²) in [7, 11) is 0. The average Bonchev–Trinajstić information content (AvgIpc) is 3.31. The maximum Gasteiger partial charge on any atom is 0.417 e. The first kappa shape index (κ1) is 23.1. The Bertz CT molecular complexity index is 1210. The lowest BCUT2D eigenvalue weighted by Gasteiger charge is -2.41. The van der Waals surface area contributed by atoms with Crippen molar-refractivity contribution in [2.24, 2.45) is 0 Å². The van der Waals surface area contributed by atoms with Crippen LogP contribution >= 0.6 is 0 Å². The predicted molar refractivity (Wildman–Crippen MR) is 120 cm³/mol.